The van der Waals surface area contributed by atoms with Crippen LogP contribution < -0.4 is 10.1 Å². The van der Waals surface area contributed by atoms with E-state index in [9.17, 15) is 14.7 Å². The first kappa shape index (κ1) is 18.3. The molecule has 0 aliphatic carbocycles. The van der Waals surface area contributed by atoms with Crippen LogP contribution in [-0.4, -0.2) is 22.1 Å². The van der Waals surface area contributed by atoms with Gasteiger partial charge in [-0.2, -0.15) is 0 Å². The number of amides is 1. The minimum absolute atomic E-state index is 0.00615. The fourth-order valence-corrected chi connectivity index (χ4v) is 2.34. The highest BCUT2D eigenvalue weighted by molar-refractivity contribution is 6.36. The maximum atomic E-state index is 11.3. The van der Waals surface area contributed by atoms with Crippen LogP contribution in [0, 0.1) is 0 Å². The van der Waals surface area contributed by atoms with Crippen molar-refractivity contribution in [3.8, 4) is 17.2 Å². The number of phenolic OH excluding ortho intramolecular Hbond substituents is 1. The van der Waals surface area contributed by atoms with E-state index in [1.54, 1.807) is 30.3 Å². The average Bonchev–Trinajstić information content (AvgIpc) is 2.59. The number of carboxylic acids is 1. The van der Waals surface area contributed by atoms with E-state index in [4.69, 9.17) is 9.84 Å². The molecule has 0 saturated heterocycles. The second-order valence-electron chi connectivity index (χ2n) is 5.62. The van der Waals surface area contributed by atoms with Crippen molar-refractivity contribution in [1.82, 2.24) is 0 Å². The van der Waals surface area contributed by atoms with Crippen molar-refractivity contribution in [2.75, 3.05) is 5.32 Å². The average molecular weight is 343 g/mol. The third-order valence-corrected chi connectivity index (χ3v) is 3.64. The lowest BCUT2D eigenvalue weighted by Crippen LogP contribution is -2.22. The summed E-state index contributed by atoms with van der Waals surface area (Å²) in [5.41, 5.74) is 1.23. The fourth-order valence-electron chi connectivity index (χ4n) is 2.34. The van der Waals surface area contributed by atoms with E-state index in [2.05, 4.69) is 12.2 Å². The van der Waals surface area contributed by atoms with E-state index in [0.717, 1.165) is 31.2 Å². The zero-order valence-electron chi connectivity index (χ0n) is 14.0. The summed E-state index contributed by atoms with van der Waals surface area (Å²) in [5, 5.41) is 21.1. The number of aromatic hydroxyl groups is 1. The van der Waals surface area contributed by atoms with Crippen LogP contribution >= 0.6 is 0 Å². The SMILES string of the molecule is CCCCCc1ccc(Oc2ccccc2NC(=O)C(=O)O)c(O)c1. The predicted molar refractivity (Wildman–Crippen MR) is 94.1 cm³/mol. The Kier molecular flexibility index (Phi) is 6.39. The standard InChI is InChI=1S/C19H21NO5/c1-2-3-4-7-13-10-11-17(15(21)12-13)25-16-9-6-5-8-14(16)20-18(22)19(23)24/h5-6,8-12,21H,2-4,7H2,1H3,(H,20,22)(H,23,24). The van der Waals surface area contributed by atoms with Crippen molar-refractivity contribution < 1.29 is 24.5 Å². The summed E-state index contributed by atoms with van der Waals surface area (Å²) in [6, 6.07) is 11.6. The molecule has 2 aromatic carbocycles. The van der Waals surface area contributed by atoms with Crippen LogP contribution in [0.5, 0.6) is 17.2 Å². The van der Waals surface area contributed by atoms with E-state index in [-0.39, 0.29) is 22.9 Å². The molecule has 0 heterocycles. The largest absolute Gasteiger partial charge is 0.504 e. The minimum atomic E-state index is -1.59. The van der Waals surface area contributed by atoms with Crippen LogP contribution in [0.1, 0.15) is 31.7 Å². The number of rotatable bonds is 7. The normalized spacial score (nSPS) is 10.3. The molecule has 0 radical (unpaired) electrons. The van der Waals surface area contributed by atoms with Crippen LogP contribution in [0.25, 0.3) is 0 Å². The van der Waals surface area contributed by atoms with E-state index in [1.807, 2.05) is 6.07 Å². The molecule has 0 atom stereocenters. The highest BCUT2D eigenvalue weighted by Gasteiger charge is 2.15. The lowest BCUT2D eigenvalue weighted by atomic mass is 10.1. The summed E-state index contributed by atoms with van der Waals surface area (Å²) in [7, 11) is 0. The van der Waals surface area contributed by atoms with Crippen LogP contribution in [0.2, 0.25) is 0 Å². The number of nitrogens with one attached hydrogen (secondary N) is 1. The monoisotopic (exact) mass is 343 g/mol. The molecule has 3 N–H and O–H groups in total. The molecule has 2 aromatic rings. The maximum absolute atomic E-state index is 11.3. The second kappa shape index (κ2) is 8.73. The lowest BCUT2D eigenvalue weighted by molar-refractivity contribution is -0.147. The number of para-hydroxylation sites is 2. The van der Waals surface area contributed by atoms with Gasteiger partial charge >= 0.3 is 11.9 Å². The van der Waals surface area contributed by atoms with Gasteiger partial charge in [-0.05, 0) is 42.7 Å². The van der Waals surface area contributed by atoms with Crippen molar-refractivity contribution in [2.24, 2.45) is 0 Å². The Labute approximate surface area is 146 Å². The summed E-state index contributed by atoms with van der Waals surface area (Å²) in [5.74, 6) is -2.28. The minimum Gasteiger partial charge on any atom is -0.504 e. The number of hydrogen-bond acceptors (Lipinski definition) is 4. The van der Waals surface area contributed by atoms with E-state index < -0.39 is 11.9 Å². The molecule has 0 aromatic heterocycles. The topological polar surface area (TPSA) is 95.9 Å². The number of ether oxygens (including phenoxy) is 1. The van der Waals surface area contributed by atoms with E-state index in [1.165, 1.54) is 6.07 Å². The number of unbranched alkanes of at least 4 members (excludes halogenated alkanes) is 2. The Hall–Kier alpha value is -3.02. The number of benzene rings is 2. The molecule has 0 saturated carbocycles. The Balaban J connectivity index is 2.14. The van der Waals surface area contributed by atoms with Crippen molar-refractivity contribution in [2.45, 2.75) is 32.6 Å². The highest BCUT2D eigenvalue weighted by atomic mass is 16.5. The van der Waals surface area contributed by atoms with Crippen LogP contribution in [0.4, 0.5) is 5.69 Å². The molecular formula is C19H21NO5. The number of aryl methyl sites for hydroxylation is 1. The van der Waals surface area contributed by atoms with Crippen LogP contribution in [0.3, 0.4) is 0 Å². The Morgan fingerprint density at radius 3 is 2.52 bits per heavy atom. The maximum Gasteiger partial charge on any atom is 0.394 e. The smallest absolute Gasteiger partial charge is 0.394 e. The van der Waals surface area contributed by atoms with Gasteiger partial charge < -0.3 is 20.3 Å². The summed E-state index contributed by atoms with van der Waals surface area (Å²) >= 11 is 0. The van der Waals surface area contributed by atoms with E-state index in [0.29, 0.717) is 0 Å². The second-order valence-corrected chi connectivity index (χ2v) is 5.62. The molecule has 0 spiro atoms. The molecule has 0 unspecified atom stereocenters. The summed E-state index contributed by atoms with van der Waals surface area (Å²) in [4.78, 5) is 22.0. The number of anilines is 1. The molecule has 0 aliphatic rings. The zero-order valence-corrected chi connectivity index (χ0v) is 14.0. The quantitative estimate of drug-likeness (QED) is 0.523. The molecule has 0 bridgehead atoms. The fraction of sp³-hybridized carbons (Fsp3) is 0.263. The first-order valence-electron chi connectivity index (χ1n) is 8.14. The van der Waals surface area contributed by atoms with Gasteiger partial charge in [0.25, 0.3) is 0 Å². The number of carboxylic acid groups (broad SMARTS) is 1. The van der Waals surface area contributed by atoms with Crippen molar-refractivity contribution >= 4 is 17.6 Å². The Morgan fingerprint density at radius 2 is 1.84 bits per heavy atom. The number of phenols is 1. The van der Waals surface area contributed by atoms with Gasteiger partial charge in [0.15, 0.2) is 17.2 Å². The molecule has 25 heavy (non-hydrogen) atoms. The number of aliphatic carboxylic acids is 1. The Bertz CT molecular complexity index is 757. The van der Waals surface area contributed by atoms with Gasteiger partial charge in [0.1, 0.15) is 0 Å². The third kappa shape index (κ3) is 5.24. The molecule has 1 amide bonds. The molecule has 6 nitrogen and oxygen atoms in total. The molecule has 2 rings (SSSR count). The number of carbonyl (C=O) groups is 2. The predicted octanol–water partition coefficient (Wildman–Crippen LogP) is 3.94. The molecule has 6 heteroatoms. The summed E-state index contributed by atoms with van der Waals surface area (Å²) < 4.78 is 5.64. The Morgan fingerprint density at radius 1 is 1.08 bits per heavy atom. The van der Waals surface area contributed by atoms with Gasteiger partial charge in [-0.3, -0.25) is 4.79 Å². The number of hydrogen-bond donors (Lipinski definition) is 3. The molecular weight excluding hydrogens is 322 g/mol. The van der Waals surface area contributed by atoms with Gasteiger partial charge in [-0.25, -0.2) is 4.79 Å². The van der Waals surface area contributed by atoms with Gasteiger partial charge in [0, 0.05) is 0 Å². The first-order valence-corrected chi connectivity index (χ1v) is 8.14. The lowest BCUT2D eigenvalue weighted by Gasteiger charge is -2.13. The van der Waals surface area contributed by atoms with E-state index >= 15 is 0 Å². The van der Waals surface area contributed by atoms with Gasteiger partial charge in [0.05, 0.1) is 5.69 Å². The molecule has 132 valence electrons. The van der Waals surface area contributed by atoms with Crippen molar-refractivity contribution in [3.05, 3.63) is 48.0 Å². The van der Waals surface area contributed by atoms with Crippen molar-refractivity contribution in [3.63, 3.8) is 0 Å². The van der Waals surface area contributed by atoms with Gasteiger partial charge in [-0.15, -0.1) is 0 Å². The van der Waals surface area contributed by atoms with Gasteiger partial charge in [0.2, 0.25) is 0 Å². The molecule has 0 fully saturated rings. The summed E-state index contributed by atoms with van der Waals surface area (Å²) in [6.45, 7) is 2.13. The van der Waals surface area contributed by atoms with Gasteiger partial charge in [-0.1, -0.05) is 38.0 Å². The van der Waals surface area contributed by atoms with Crippen molar-refractivity contribution in [1.29, 1.82) is 0 Å². The van der Waals surface area contributed by atoms with Crippen LogP contribution in [-0.2, 0) is 16.0 Å². The van der Waals surface area contributed by atoms with Crippen LogP contribution in [0.15, 0.2) is 42.5 Å². The number of carbonyl (C=O) groups excluding carboxylic acids is 1. The summed E-state index contributed by atoms with van der Waals surface area (Å²) in [6.07, 6.45) is 4.20. The molecule has 0 aliphatic heterocycles. The first-order chi connectivity index (χ1) is 12.0. The zero-order chi connectivity index (χ0) is 18.2. The third-order valence-electron chi connectivity index (χ3n) is 3.64. The highest BCUT2D eigenvalue weighted by Crippen LogP contribution is 2.35.